The van der Waals surface area contributed by atoms with Gasteiger partial charge in [0.05, 0.1) is 6.61 Å². The van der Waals surface area contributed by atoms with E-state index in [0.717, 1.165) is 17.9 Å². The second-order valence-corrected chi connectivity index (χ2v) is 4.49. The fourth-order valence-corrected chi connectivity index (χ4v) is 2.71. The summed E-state index contributed by atoms with van der Waals surface area (Å²) in [6.45, 7) is 1.52. The number of ether oxygens (including phenoxy) is 1. The van der Waals surface area contributed by atoms with Crippen molar-refractivity contribution < 1.29 is 14.2 Å². The van der Waals surface area contributed by atoms with Gasteiger partial charge in [0, 0.05) is 36.6 Å². The molecular weight excluding hydrogens is 209 g/mol. The van der Waals surface area contributed by atoms with Crippen LogP contribution in [0.15, 0.2) is 18.2 Å². The van der Waals surface area contributed by atoms with Crippen molar-refractivity contribution in [1.29, 1.82) is 0 Å². The molecule has 2 aliphatic rings. The van der Waals surface area contributed by atoms with Crippen molar-refractivity contribution in [2.45, 2.75) is 6.04 Å². The van der Waals surface area contributed by atoms with Gasteiger partial charge in [0.2, 0.25) is 0 Å². The SMILES string of the molecule is OC[C@@H]1CN[C@H]2c3cc(F)ccc3OC[C@@H]12. The van der Waals surface area contributed by atoms with Gasteiger partial charge in [-0.05, 0) is 18.2 Å². The van der Waals surface area contributed by atoms with E-state index in [1.54, 1.807) is 6.07 Å². The zero-order valence-corrected chi connectivity index (χ0v) is 8.82. The van der Waals surface area contributed by atoms with E-state index in [9.17, 15) is 9.50 Å². The lowest BCUT2D eigenvalue weighted by atomic mass is 9.86. The number of nitrogens with one attached hydrogen (secondary N) is 1. The van der Waals surface area contributed by atoms with Crippen LogP contribution in [-0.2, 0) is 0 Å². The molecule has 1 fully saturated rings. The summed E-state index contributed by atoms with van der Waals surface area (Å²) >= 11 is 0. The fraction of sp³-hybridized carbons (Fsp3) is 0.500. The van der Waals surface area contributed by atoms with Crippen LogP contribution in [0.1, 0.15) is 11.6 Å². The van der Waals surface area contributed by atoms with E-state index in [1.807, 2.05) is 0 Å². The molecule has 1 saturated heterocycles. The number of aliphatic hydroxyl groups is 1. The van der Waals surface area contributed by atoms with Gasteiger partial charge in [-0.15, -0.1) is 0 Å². The van der Waals surface area contributed by atoms with Crippen molar-refractivity contribution in [3.05, 3.63) is 29.6 Å². The highest BCUT2D eigenvalue weighted by Gasteiger charge is 2.40. The quantitative estimate of drug-likeness (QED) is 0.748. The summed E-state index contributed by atoms with van der Waals surface area (Å²) in [7, 11) is 0. The van der Waals surface area contributed by atoms with Gasteiger partial charge in [-0.25, -0.2) is 4.39 Å². The van der Waals surface area contributed by atoms with Gasteiger partial charge in [0.15, 0.2) is 0 Å². The molecule has 0 bridgehead atoms. The van der Waals surface area contributed by atoms with Gasteiger partial charge in [-0.3, -0.25) is 0 Å². The lowest BCUT2D eigenvalue weighted by Gasteiger charge is -2.30. The third kappa shape index (κ3) is 1.41. The molecule has 3 atom stereocenters. The number of rotatable bonds is 1. The van der Waals surface area contributed by atoms with Crippen molar-refractivity contribution in [3.8, 4) is 5.75 Å². The first-order valence-electron chi connectivity index (χ1n) is 5.56. The topological polar surface area (TPSA) is 41.5 Å². The molecule has 86 valence electrons. The maximum atomic E-state index is 13.2. The van der Waals surface area contributed by atoms with Crippen molar-refractivity contribution in [2.24, 2.45) is 11.8 Å². The van der Waals surface area contributed by atoms with E-state index in [4.69, 9.17) is 4.74 Å². The number of benzene rings is 1. The van der Waals surface area contributed by atoms with Gasteiger partial charge in [-0.2, -0.15) is 0 Å². The predicted octanol–water partition coefficient (Wildman–Crippen LogP) is 1.09. The van der Waals surface area contributed by atoms with E-state index in [2.05, 4.69) is 5.32 Å². The Hall–Kier alpha value is -1.13. The van der Waals surface area contributed by atoms with Crippen molar-refractivity contribution in [3.63, 3.8) is 0 Å². The number of aliphatic hydroxyl groups excluding tert-OH is 1. The fourth-order valence-electron chi connectivity index (χ4n) is 2.71. The average molecular weight is 223 g/mol. The van der Waals surface area contributed by atoms with Crippen LogP contribution in [0.2, 0.25) is 0 Å². The zero-order valence-electron chi connectivity index (χ0n) is 8.82. The Kier molecular flexibility index (Phi) is 2.33. The Bertz CT molecular complexity index is 410. The first-order valence-corrected chi connectivity index (χ1v) is 5.56. The molecule has 1 aromatic rings. The Balaban J connectivity index is 1.98. The van der Waals surface area contributed by atoms with Crippen LogP contribution >= 0.6 is 0 Å². The standard InChI is InChI=1S/C12H14FNO2/c13-8-1-2-11-9(3-8)12-10(6-16-11)7(5-15)4-14-12/h1-3,7,10,12,14-15H,4-6H2/t7-,10-,12-/m0/s1. The largest absolute Gasteiger partial charge is 0.493 e. The van der Waals surface area contributed by atoms with E-state index in [0.29, 0.717) is 6.61 Å². The molecule has 2 N–H and O–H groups in total. The Morgan fingerprint density at radius 2 is 2.38 bits per heavy atom. The molecule has 0 unspecified atom stereocenters. The third-order valence-electron chi connectivity index (χ3n) is 3.61. The maximum Gasteiger partial charge on any atom is 0.124 e. The van der Waals surface area contributed by atoms with Crippen molar-refractivity contribution in [1.82, 2.24) is 5.32 Å². The van der Waals surface area contributed by atoms with Crippen LogP contribution in [0.4, 0.5) is 4.39 Å². The van der Waals surface area contributed by atoms with Gasteiger partial charge in [0.1, 0.15) is 11.6 Å². The molecule has 3 rings (SSSR count). The second-order valence-electron chi connectivity index (χ2n) is 4.49. The van der Waals surface area contributed by atoms with Crippen LogP contribution in [0.3, 0.4) is 0 Å². The number of hydrogen-bond acceptors (Lipinski definition) is 3. The Morgan fingerprint density at radius 3 is 3.19 bits per heavy atom. The average Bonchev–Trinajstić information content (AvgIpc) is 2.72. The molecule has 0 radical (unpaired) electrons. The summed E-state index contributed by atoms with van der Waals surface area (Å²) < 4.78 is 18.8. The zero-order chi connectivity index (χ0) is 11.1. The molecule has 0 aromatic heterocycles. The molecular formula is C12H14FNO2. The molecule has 2 heterocycles. The highest BCUT2D eigenvalue weighted by Crippen LogP contribution is 2.42. The number of hydrogen-bond donors (Lipinski definition) is 2. The first-order chi connectivity index (χ1) is 7.79. The minimum atomic E-state index is -0.239. The number of fused-ring (bicyclic) bond motifs is 3. The molecule has 2 aliphatic heterocycles. The summed E-state index contributed by atoms with van der Waals surface area (Å²) in [6.07, 6.45) is 0. The van der Waals surface area contributed by atoms with Gasteiger partial charge < -0.3 is 15.2 Å². The Morgan fingerprint density at radius 1 is 1.50 bits per heavy atom. The second kappa shape index (κ2) is 3.71. The lowest BCUT2D eigenvalue weighted by molar-refractivity contribution is 0.133. The molecule has 4 heteroatoms. The molecule has 1 aromatic carbocycles. The van der Waals surface area contributed by atoms with E-state index < -0.39 is 0 Å². The van der Waals surface area contributed by atoms with Crippen molar-refractivity contribution >= 4 is 0 Å². The minimum absolute atomic E-state index is 0.122. The molecule has 3 nitrogen and oxygen atoms in total. The van der Waals surface area contributed by atoms with Crippen LogP contribution in [-0.4, -0.2) is 24.9 Å². The van der Waals surface area contributed by atoms with E-state index in [-0.39, 0.29) is 30.3 Å². The van der Waals surface area contributed by atoms with Crippen molar-refractivity contribution in [2.75, 3.05) is 19.8 Å². The number of halogens is 1. The van der Waals surface area contributed by atoms with Crippen LogP contribution in [0, 0.1) is 17.7 Å². The summed E-state index contributed by atoms with van der Waals surface area (Å²) in [5, 5.41) is 12.6. The summed E-state index contributed by atoms with van der Waals surface area (Å²) in [5.74, 6) is 0.978. The van der Waals surface area contributed by atoms with Gasteiger partial charge in [-0.1, -0.05) is 0 Å². The summed E-state index contributed by atoms with van der Waals surface area (Å²) in [4.78, 5) is 0. The summed E-state index contributed by atoms with van der Waals surface area (Å²) in [6, 6.07) is 4.74. The first kappa shape index (κ1) is 10.1. The minimum Gasteiger partial charge on any atom is -0.493 e. The van der Waals surface area contributed by atoms with Crippen LogP contribution in [0.25, 0.3) is 0 Å². The van der Waals surface area contributed by atoms with E-state index in [1.165, 1.54) is 12.1 Å². The van der Waals surface area contributed by atoms with Gasteiger partial charge >= 0.3 is 0 Å². The molecule has 0 spiro atoms. The third-order valence-corrected chi connectivity index (χ3v) is 3.61. The smallest absolute Gasteiger partial charge is 0.124 e. The predicted molar refractivity (Wildman–Crippen MR) is 56.7 cm³/mol. The normalized spacial score (nSPS) is 31.8. The Labute approximate surface area is 93.2 Å². The molecule has 0 aliphatic carbocycles. The highest BCUT2D eigenvalue weighted by atomic mass is 19.1. The van der Waals surface area contributed by atoms with Crippen LogP contribution in [0.5, 0.6) is 5.75 Å². The van der Waals surface area contributed by atoms with Crippen LogP contribution < -0.4 is 10.1 Å². The molecule has 16 heavy (non-hydrogen) atoms. The lowest BCUT2D eigenvalue weighted by Crippen LogP contribution is -2.30. The summed E-state index contributed by atoms with van der Waals surface area (Å²) in [5.41, 5.74) is 0.882. The highest BCUT2D eigenvalue weighted by molar-refractivity contribution is 5.39. The monoisotopic (exact) mass is 223 g/mol. The van der Waals surface area contributed by atoms with E-state index >= 15 is 0 Å². The molecule has 0 amide bonds. The van der Waals surface area contributed by atoms with Gasteiger partial charge in [0.25, 0.3) is 0 Å². The maximum absolute atomic E-state index is 13.2. The molecule has 0 saturated carbocycles.